The van der Waals surface area contributed by atoms with Crippen LogP contribution >= 0.6 is 23.2 Å². The van der Waals surface area contributed by atoms with Gasteiger partial charge >= 0.3 is 22.8 Å². The van der Waals surface area contributed by atoms with Gasteiger partial charge in [0, 0.05) is 0 Å². The van der Waals surface area contributed by atoms with Crippen LogP contribution in [0.5, 0.6) is 0 Å². The molecule has 2 nitrogen and oxygen atoms in total. The van der Waals surface area contributed by atoms with E-state index in [1.807, 2.05) is 0 Å². The first-order valence-electron chi connectivity index (χ1n) is 2.83. The lowest BCUT2D eigenvalue weighted by molar-refractivity contribution is -0.534. The highest BCUT2D eigenvalue weighted by atomic mass is 35.5. The summed E-state index contributed by atoms with van der Waals surface area (Å²) < 4.78 is 79.2. The molecule has 0 saturated carbocycles. The number of halogens is 8. The number of hydrogen-bond acceptors (Lipinski definition) is 2. The zero-order chi connectivity index (χ0) is 11.4. The van der Waals surface area contributed by atoms with Gasteiger partial charge in [-0.2, -0.15) is 26.3 Å². The van der Waals surface area contributed by atoms with Crippen LogP contribution in [0, 0.1) is 0 Å². The molecule has 0 aliphatic carbocycles. The van der Waals surface area contributed by atoms with Gasteiger partial charge in [-0.15, -0.1) is 0 Å². The Morgan fingerprint density at radius 3 is 1.07 bits per heavy atom. The quantitative estimate of drug-likeness (QED) is 0.495. The molecule has 10 heteroatoms. The number of alkyl halides is 8. The Labute approximate surface area is 82.7 Å². The van der Waals surface area contributed by atoms with Crippen molar-refractivity contribution < 1.29 is 35.8 Å². The van der Waals surface area contributed by atoms with Gasteiger partial charge in [-0.05, 0) is 23.2 Å². The Balaban J connectivity index is 3.07. The van der Waals surface area contributed by atoms with E-state index in [9.17, 15) is 26.3 Å². The van der Waals surface area contributed by atoms with E-state index in [0.29, 0.717) is 0 Å². The lowest BCUT2D eigenvalue weighted by Gasteiger charge is -2.40. The highest BCUT2D eigenvalue weighted by Gasteiger charge is 2.77. The summed E-state index contributed by atoms with van der Waals surface area (Å²) in [6, 6.07) is 0. The van der Waals surface area contributed by atoms with Crippen molar-refractivity contribution in [2.75, 3.05) is 0 Å². The Morgan fingerprint density at radius 1 is 0.643 bits per heavy atom. The molecule has 1 rings (SSSR count). The molecule has 2 atom stereocenters. The first-order valence-corrected chi connectivity index (χ1v) is 3.58. The van der Waals surface area contributed by atoms with Gasteiger partial charge in [0.25, 0.3) is 0 Å². The third-order valence-corrected chi connectivity index (χ3v) is 1.93. The molecule has 14 heavy (non-hydrogen) atoms. The van der Waals surface area contributed by atoms with Gasteiger partial charge in [-0.1, -0.05) is 0 Å². The fourth-order valence-corrected chi connectivity index (χ4v) is 0.831. The maximum atomic E-state index is 12.6. The average molecular weight is 265 g/mol. The normalized spacial score (nSPS) is 46.3. The van der Waals surface area contributed by atoms with E-state index in [4.69, 9.17) is 0 Å². The maximum Gasteiger partial charge on any atom is 0.452 e. The largest absolute Gasteiger partial charge is 0.452 e. The molecule has 0 aromatic heterocycles. The van der Waals surface area contributed by atoms with Crippen LogP contribution in [0.25, 0.3) is 0 Å². The predicted octanol–water partition coefficient (Wildman–Crippen LogP) is 2.94. The summed E-state index contributed by atoms with van der Waals surface area (Å²) in [5.41, 5.74) is 0. The van der Waals surface area contributed by atoms with Gasteiger partial charge in [0.2, 0.25) is 0 Å². The average Bonchev–Trinajstić information content (AvgIpc) is 1.78. The van der Waals surface area contributed by atoms with E-state index >= 15 is 0 Å². The van der Waals surface area contributed by atoms with Gasteiger partial charge in [0.05, 0.1) is 0 Å². The van der Waals surface area contributed by atoms with Crippen LogP contribution in [0.4, 0.5) is 26.3 Å². The fraction of sp³-hybridized carbons (Fsp3) is 1.00. The summed E-state index contributed by atoms with van der Waals surface area (Å²) in [6.45, 7) is 0. The van der Waals surface area contributed by atoms with Crippen LogP contribution in [-0.4, -0.2) is 22.8 Å². The van der Waals surface area contributed by atoms with Crippen LogP contribution in [0.3, 0.4) is 0 Å². The molecule has 0 radical (unpaired) electrons. The minimum Gasteiger partial charge on any atom is -0.256 e. The molecular weight excluding hydrogens is 265 g/mol. The summed E-state index contributed by atoms with van der Waals surface area (Å²) >= 11 is 8.68. The monoisotopic (exact) mass is 264 g/mol. The second kappa shape index (κ2) is 2.81. The number of ether oxygens (including phenoxy) is 2. The van der Waals surface area contributed by atoms with Crippen LogP contribution in [0.2, 0.25) is 0 Å². The molecule has 0 aromatic rings. The Morgan fingerprint density at radius 2 is 0.857 bits per heavy atom. The minimum atomic E-state index is -5.42. The SMILES string of the molecule is FC1(F)O[C@@](F)(Cl)[C@](F)(Cl)OC1(F)F. The van der Waals surface area contributed by atoms with Crippen LogP contribution < -0.4 is 0 Å². The zero-order valence-electron chi connectivity index (χ0n) is 5.84. The number of rotatable bonds is 0. The van der Waals surface area contributed by atoms with Gasteiger partial charge in [-0.25, -0.2) is 0 Å². The number of hydrogen-bond donors (Lipinski definition) is 0. The van der Waals surface area contributed by atoms with Crippen molar-refractivity contribution in [3.63, 3.8) is 0 Å². The second-order valence-corrected chi connectivity index (χ2v) is 3.24. The molecule has 0 N–H and O–H groups in total. The first kappa shape index (κ1) is 12.2. The summed E-state index contributed by atoms with van der Waals surface area (Å²) in [4.78, 5) is 0. The Bertz CT molecular complexity index is 204. The van der Waals surface area contributed by atoms with Gasteiger partial charge in [0.15, 0.2) is 0 Å². The molecular formula is C4Cl2F6O2. The Hall–Kier alpha value is 0.0800. The predicted molar refractivity (Wildman–Crippen MR) is 31.4 cm³/mol. The lowest BCUT2D eigenvalue weighted by Crippen LogP contribution is -2.63. The highest BCUT2D eigenvalue weighted by molar-refractivity contribution is 6.31. The van der Waals surface area contributed by atoms with Crippen molar-refractivity contribution in [2.24, 2.45) is 0 Å². The lowest BCUT2D eigenvalue weighted by atomic mass is 10.5. The van der Waals surface area contributed by atoms with Crippen LogP contribution in [0.1, 0.15) is 0 Å². The molecule has 0 aromatic carbocycles. The summed E-state index contributed by atoms with van der Waals surface area (Å²) in [5, 5.41) is -8.83. The summed E-state index contributed by atoms with van der Waals surface area (Å²) in [5.74, 6) is 0. The molecule has 0 spiro atoms. The van der Waals surface area contributed by atoms with Crippen LogP contribution in [-0.2, 0) is 9.47 Å². The van der Waals surface area contributed by atoms with Crippen molar-refractivity contribution in [2.45, 2.75) is 22.8 Å². The van der Waals surface area contributed by atoms with E-state index in [0.717, 1.165) is 0 Å². The van der Waals surface area contributed by atoms with Crippen molar-refractivity contribution >= 4 is 23.2 Å². The molecule has 0 unspecified atom stereocenters. The van der Waals surface area contributed by atoms with Crippen molar-refractivity contribution in [1.82, 2.24) is 0 Å². The van der Waals surface area contributed by atoms with Gasteiger partial charge in [0.1, 0.15) is 0 Å². The van der Waals surface area contributed by atoms with E-state index < -0.39 is 22.8 Å². The fourth-order valence-electron chi connectivity index (χ4n) is 0.560. The molecule has 84 valence electrons. The van der Waals surface area contributed by atoms with E-state index in [1.165, 1.54) is 0 Å². The topological polar surface area (TPSA) is 18.5 Å². The molecule has 0 amide bonds. The molecule has 1 heterocycles. The summed E-state index contributed by atoms with van der Waals surface area (Å²) in [6.07, 6.45) is -10.8. The van der Waals surface area contributed by atoms with E-state index in [1.54, 1.807) is 0 Å². The van der Waals surface area contributed by atoms with E-state index in [-0.39, 0.29) is 0 Å². The minimum absolute atomic E-state index is 2.68. The summed E-state index contributed by atoms with van der Waals surface area (Å²) in [7, 11) is 0. The smallest absolute Gasteiger partial charge is 0.256 e. The highest BCUT2D eigenvalue weighted by Crippen LogP contribution is 2.55. The third kappa shape index (κ3) is 1.64. The van der Waals surface area contributed by atoms with Crippen LogP contribution in [0.15, 0.2) is 0 Å². The second-order valence-electron chi connectivity index (χ2n) is 2.27. The third-order valence-electron chi connectivity index (χ3n) is 1.19. The zero-order valence-corrected chi connectivity index (χ0v) is 7.35. The molecule has 1 fully saturated rings. The first-order chi connectivity index (χ1) is 5.91. The molecule has 1 saturated heterocycles. The standard InChI is InChI=1S/C4Cl2F6O2/c5-1(7)2(6,8)14-4(11,12)3(9,10)13-1/t1-,2-/m1/s1. The van der Waals surface area contributed by atoms with E-state index in [2.05, 4.69) is 32.7 Å². The van der Waals surface area contributed by atoms with Crippen molar-refractivity contribution in [1.29, 1.82) is 0 Å². The van der Waals surface area contributed by atoms with Crippen molar-refractivity contribution in [3.8, 4) is 0 Å². The molecule has 0 bridgehead atoms. The Kier molecular flexibility index (Phi) is 2.44. The van der Waals surface area contributed by atoms with Gasteiger partial charge < -0.3 is 0 Å². The van der Waals surface area contributed by atoms with Gasteiger partial charge in [-0.3, -0.25) is 9.47 Å². The molecule has 1 aliphatic heterocycles. The van der Waals surface area contributed by atoms with Crippen molar-refractivity contribution in [3.05, 3.63) is 0 Å². The molecule has 1 aliphatic rings. The maximum absolute atomic E-state index is 12.6.